The van der Waals surface area contributed by atoms with Crippen molar-refractivity contribution >= 4 is 23.2 Å². The highest BCUT2D eigenvalue weighted by Gasteiger charge is 2.21. The van der Waals surface area contributed by atoms with Gasteiger partial charge in [0.25, 0.3) is 11.8 Å². The molecule has 0 fully saturated rings. The molecule has 2 atom stereocenters. The number of rotatable bonds is 9. The van der Waals surface area contributed by atoms with Crippen molar-refractivity contribution in [1.29, 1.82) is 0 Å². The van der Waals surface area contributed by atoms with Gasteiger partial charge in [0.1, 0.15) is 5.75 Å². The second-order valence-electron chi connectivity index (χ2n) is 8.20. The molecule has 0 saturated heterocycles. The summed E-state index contributed by atoms with van der Waals surface area (Å²) in [5.41, 5.74) is 3.92. The van der Waals surface area contributed by atoms with Gasteiger partial charge in [-0.2, -0.15) is 0 Å². The van der Waals surface area contributed by atoms with Gasteiger partial charge in [0.15, 0.2) is 6.10 Å². The van der Waals surface area contributed by atoms with Crippen molar-refractivity contribution in [3.8, 4) is 5.75 Å². The lowest BCUT2D eigenvalue weighted by atomic mass is 9.98. The lowest BCUT2D eigenvalue weighted by Gasteiger charge is -2.21. The van der Waals surface area contributed by atoms with Gasteiger partial charge in [0.05, 0.1) is 0 Å². The highest BCUT2D eigenvalue weighted by atomic mass is 16.5. The maximum absolute atomic E-state index is 13.0. The molecular weight excluding hydrogens is 412 g/mol. The maximum atomic E-state index is 13.0. The van der Waals surface area contributed by atoms with E-state index in [0.717, 1.165) is 23.3 Å². The lowest BCUT2D eigenvalue weighted by molar-refractivity contribution is -0.122. The molecule has 3 aromatic rings. The number of anilines is 2. The number of para-hydroxylation sites is 1. The zero-order valence-electron chi connectivity index (χ0n) is 19.7. The van der Waals surface area contributed by atoms with Crippen LogP contribution in [-0.4, -0.2) is 17.9 Å². The summed E-state index contributed by atoms with van der Waals surface area (Å²) in [6.45, 7) is 8.12. The van der Waals surface area contributed by atoms with Gasteiger partial charge in [-0.05, 0) is 73.2 Å². The van der Waals surface area contributed by atoms with E-state index in [0.29, 0.717) is 29.3 Å². The quantitative estimate of drug-likeness (QED) is 0.393. The first kappa shape index (κ1) is 24.1. The van der Waals surface area contributed by atoms with E-state index in [-0.39, 0.29) is 11.8 Å². The summed E-state index contributed by atoms with van der Waals surface area (Å²) in [5.74, 6) is 0.735. The molecule has 172 valence electrons. The van der Waals surface area contributed by atoms with E-state index < -0.39 is 6.10 Å². The molecule has 5 nitrogen and oxygen atoms in total. The Balaban J connectivity index is 1.68. The average molecular weight is 445 g/mol. The molecule has 5 heteroatoms. The topological polar surface area (TPSA) is 67.4 Å². The Labute approximate surface area is 196 Å². The van der Waals surface area contributed by atoms with Crippen molar-refractivity contribution in [1.82, 2.24) is 0 Å². The summed E-state index contributed by atoms with van der Waals surface area (Å²) in [6.07, 6.45) is 0.939. The second-order valence-corrected chi connectivity index (χ2v) is 8.20. The molecule has 0 aliphatic carbocycles. The van der Waals surface area contributed by atoms with Crippen LogP contribution >= 0.6 is 0 Å². The summed E-state index contributed by atoms with van der Waals surface area (Å²) in [5, 5.41) is 5.87. The van der Waals surface area contributed by atoms with Crippen LogP contribution in [0.3, 0.4) is 0 Å². The van der Waals surface area contributed by atoms with E-state index >= 15 is 0 Å². The predicted molar refractivity (Wildman–Crippen MR) is 134 cm³/mol. The van der Waals surface area contributed by atoms with Crippen LogP contribution in [0.25, 0.3) is 0 Å². The van der Waals surface area contributed by atoms with Crippen LogP contribution in [0.2, 0.25) is 0 Å². The minimum absolute atomic E-state index is 0.171. The number of hydrogen-bond donors (Lipinski definition) is 2. The fourth-order valence-electron chi connectivity index (χ4n) is 3.58. The molecule has 33 heavy (non-hydrogen) atoms. The van der Waals surface area contributed by atoms with Crippen LogP contribution in [0.1, 0.15) is 61.0 Å². The third kappa shape index (κ3) is 6.22. The Morgan fingerprint density at radius 1 is 0.879 bits per heavy atom. The van der Waals surface area contributed by atoms with E-state index in [2.05, 4.69) is 30.5 Å². The first-order chi connectivity index (χ1) is 15.9. The van der Waals surface area contributed by atoms with Crippen molar-refractivity contribution in [2.45, 2.75) is 52.6 Å². The minimum Gasteiger partial charge on any atom is -0.480 e. The Kier molecular flexibility index (Phi) is 8.25. The molecule has 3 aromatic carbocycles. The number of hydrogen-bond acceptors (Lipinski definition) is 3. The molecule has 0 saturated carbocycles. The fourth-order valence-corrected chi connectivity index (χ4v) is 3.58. The van der Waals surface area contributed by atoms with Gasteiger partial charge in [-0.3, -0.25) is 9.59 Å². The van der Waals surface area contributed by atoms with Crippen molar-refractivity contribution in [3.05, 3.63) is 89.5 Å². The Hall–Kier alpha value is -3.60. The lowest BCUT2D eigenvalue weighted by Crippen LogP contribution is -2.32. The number of amides is 2. The van der Waals surface area contributed by atoms with Crippen LogP contribution in [0.15, 0.2) is 72.8 Å². The minimum atomic E-state index is -0.604. The molecule has 0 aromatic heterocycles. The van der Waals surface area contributed by atoms with Gasteiger partial charge in [-0.1, -0.05) is 57.2 Å². The van der Waals surface area contributed by atoms with Gasteiger partial charge in [-0.15, -0.1) is 0 Å². The molecule has 2 unspecified atom stereocenters. The van der Waals surface area contributed by atoms with Crippen LogP contribution in [0, 0.1) is 6.92 Å². The normalized spacial score (nSPS) is 12.5. The standard InChI is InChI=1S/C28H32N2O3/c1-5-19(3)23-14-10-11-15-26(23)33-25(6-2)28(32)29-22-16-17-24(20(4)18-22)30-27(31)21-12-8-7-9-13-21/h7-19,25H,5-6H2,1-4H3,(H,29,32)(H,30,31). The maximum Gasteiger partial charge on any atom is 0.265 e. The number of ether oxygens (including phenoxy) is 1. The SMILES string of the molecule is CCC(Oc1ccccc1C(C)CC)C(=O)Nc1ccc(NC(=O)c2ccccc2)c(C)c1. The zero-order chi connectivity index (χ0) is 23.8. The highest BCUT2D eigenvalue weighted by molar-refractivity contribution is 6.04. The number of benzene rings is 3. The summed E-state index contributed by atoms with van der Waals surface area (Å²) in [7, 11) is 0. The molecule has 0 heterocycles. The first-order valence-electron chi connectivity index (χ1n) is 11.5. The summed E-state index contributed by atoms with van der Waals surface area (Å²) >= 11 is 0. The second kappa shape index (κ2) is 11.3. The molecule has 0 bridgehead atoms. The van der Waals surface area contributed by atoms with E-state index in [1.807, 2.05) is 56.3 Å². The van der Waals surface area contributed by atoms with Gasteiger partial charge < -0.3 is 15.4 Å². The predicted octanol–water partition coefficient (Wildman–Crippen LogP) is 6.56. The van der Waals surface area contributed by atoms with Gasteiger partial charge in [0, 0.05) is 16.9 Å². The van der Waals surface area contributed by atoms with E-state index in [9.17, 15) is 9.59 Å². The van der Waals surface area contributed by atoms with E-state index in [1.165, 1.54) is 0 Å². The fraction of sp³-hybridized carbons (Fsp3) is 0.286. The number of carbonyl (C=O) groups is 2. The van der Waals surface area contributed by atoms with Gasteiger partial charge in [0.2, 0.25) is 0 Å². The van der Waals surface area contributed by atoms with Crippen molar-refractivity contribution in [2.24, 2.45) is 0 Å². The molecule has 0 aliphatic rings. The number of aryl methyl sites for hydroxylation is 1. The molecule has 2 amide bonds. The summed E-state index contributed by atoms with van der Waals surface area (Å²) in [4.78, 5) is 25.4. The first-order valence-corrected chi connectivity index (χ1v) is 11.5. The number of carbonyl (C=O) groups excluding carboxylic acids is 2. The largest absolute Gasteiger partial charge is 0.480 e. The van der Waals surface area contributed by atoms with Crippen LogP contribution < -0.4 is 15.4 Å². The Morgan fingerprint density at radius 2 is 1.58 bits per heavy atom. The highest BCUT2D eigenvalue weighted by Crippen LogP contribution is 2.30. The van der Waals surface area contributed by atoms with E-state index in [1.54, 1.807) is 24.3 Å². The van der Waals surface area contributed by atoms with Crippen molar-refractivity contribution < 1.29 is 14.3 Å². The van der Waals surface area contributed by atoms with Crippen molar-refractivity contribution in [2.75, 3.05) is 10.6 Å². The third-order valence-corrected chi connectivity index (χ3v) is 5.77. The van der Waals surface area contributed by atoms with E-state index in [4.69, 9.17) is 4.74 Å². The molecule has 0 radical (unpaired) electrons. The average Bonchev–Trinajstić information content (AvgIpc) is 2.84. The van der Waals surface area contributed by atoms with Crippen molar-refractivity contribution in [3.63, 3.8) is 0 Å². The zero-order valence-corrected chi connectivity index (χ0v) is 19.7. The Morgan fingerprint density at radius 3 is 2.24 bits per heavy atom. The van der Waals surface area contributed by atoms with Crippen LogP contribution in [0.5, 0.6) is 5.75 Å². The van der Waals surface area contributed by atoms with Crippen LogP contribution in [-0.2, 0) is 4.79 Å². The van der Waals surface area contributed by atoms with Crippen LogP contribution in [0.4, 0.5) is 11.4 Å². The molecular formula is C28H32N2O3. The molecule has 2 N–H and O–H groups in total. The molecule has 3 rings (SSSR count). The molecule has 0 aliphatic heterocycles. The van der Waals surface area contributed by atoms with Gasteiger partial charge in [-0.25, -0.2) is 0 Å². The smallest absolute Gasteiger partial charge is 0.265 e. The van der Waals surface area contributed by atoms with Gasteiger partial charge >= 0.3 is 0 Å². The number of nitrogens with one attached hydrogen (secondary N) is 2. The summed E-state index contributed by atoms with van der Waals surface area (Å²) < 4.78 is 6.14. The molecule has 0 spiro atoms. The summed E-state index contributed by atoms with van der Waals surface area (Å²) in [6, 6.07) is 22.4. The monoisotopic (exact) mass is 444 g/mol. The Bertz CT molecular complexity index is 1100. The third-order valence-electron chi connectivity index (χ3n) is 5.77.